The van der Waals surface area contributed by atoms with E-state index in [1.54, 1.807) is 17.9 Å². The molecule has 1 amide bonds. The minimum absolute atomic E-state index is 0.0369. The van der Waals surface area contributed by atoms with Gasteiger partial charge in [0, 0.05) is 28.3 Å². The topological polar surface area (TPSA) is 54.5 Å². The first-order valence-corrected chi connectivity index (χ1v) is 8.81. The molecule has 0 aromatic heterocycles. The zero-order valence-corrected chi connectivity index (χ0v) is 13.4. The number of hydrogen-bond acceptors (Lipinski definition) is 3. The van der Waals surface area contributed by atoms with Crippen LogP contribution in [-0.4, -0.2) is 31.3 Å². The van der Waals surface area contributed by atoms with Gasteiger partial charge in [-0.2, -0.15) is 0 Å². The van der Waals surface area contributed by atoms with E-state index in [1.807, 2.05) is 13.8 Å². The van der Waals surface area contributed by atoms with E-state index in [2.05, 4.69) is 0 Å². The van der Waals surface area contributed by atoms with Gasteiger partial charge in [0.2, 0.25) is 0 Å². The Balaban J connectivity index is 2.45. The first-order valence-electron chi connectivity index (χ1n) is 6.50. The predicted octanol–water partition coefficient (Wildman–Crippen LogP) is 2.94. The summed E-state index contributed by atoms with van der Waals surface area (Å²) < 4.78 is 22.8. The van der Waals surface area contributed by atoms with Gasteiger partial charge >= 0.3 is 0 Å². The van der Waals surface area contributed by atoms with Gasteiger partial charge in [-0.25, -0.2) is 8.42 Å². The third-order valence-electron chi connectivity index (χ3n) is 3.87. The molecule has 0 bridgehead atoms. The molecule has 110 valence electrons. The molecule has 0 unspecified atom stereocenters. The SMILES string of the molecule is Cc1ccc(S(=O)(=O)Cl)cc1C(=O)N1CCCC1(C)C. The van der Waals surface area contributed by atoms with Crippen molar-refractivity contribution in [3.8, 4) is 0 Å². The molecule has 1 aliphatic rings. The van der Waals surface area contributed by atoms with E-state index < -0.39 is 9.05 Å². The van der Waals surface area contributed by atoms with Crippen LogP contribution in [0.4, 0.5) is 0 Å². The lowest BCUT2D eigenvalue weighted by Crippen LogP contribution is -2.42. The normalized spacial score (nSPS) is 18.3. The van der Waals surface area contributed by atoms with Gasteiger partial charge in [0.05, 0.1) is 4.90 Å². The fourth-order valence-corrected chi connectivity index (χ4v) is 3.39. The van der Waals surface area contributed by atoms with Gasteiger partial charge in [0.1, 0.15) is 0 Å². The van der Waals surface area contributed by atoms with Crippen LogP contribution in [0.25, 0.3) is 0 Å². The summed E-state index contributed by atoms with van der Waals surface area (Å²) in [6.07, 6.45) is 1.91. The Bertz CT molecular complexity index is 652. The number of rotatable bonds is 2. The summed E-state index contributed by atoms with van der Waals surface area (Å²) in [7, 11) is 1.52. The molecule has 0 N–H and O–H groups in total. The maximum absolute atomic E-state index is 12.7. The van der Waals surface area contributed by atoms with Gasteiger partial charge in [-0.05, 0) is 51.3 Å². The number of halogens is 1. The molecular weight excluding hydrogens is 298 g/mol. The second-order valence-corrected chi connectivity index (χ2v) is 8.35. The van der Waals surface area contributed by atoms with Crippen molar-refractivity contribution in [3.63, 3.8) is 0 Å². The summed E-state index contributed by atoms with van der Waals surface area (Å²) in [4.78, 5) is 14.4. The zero-order chi connectivity index (χ0) is 15.1. The van der Waals surface area contributed by atoms with Gasteiger partial charge in [0.15, 0.2) is 0 Å². The summed E-state index contributed by atoms with van der Waals surface area (Å²) in [6.45, 7) is 6.54. The first kappa shape index (κ1) is 15.3. The molecule has 0 spiro atoms. The average molecular weight is 316 g/mol. The molecule has 1 fully saturated rings. The lowest BCUT2D eigenvalue weighted by Gasteiger charge is -2.32. The van der Waals surface area contributed by atoms with Crippen molar-refractivity contribution in [2.24, 2.45) is 0 Å². The van der Waals surface area contributed by atoms with Gasteiger partial charge in [0.25, 0.3) is 15.0 Å². The Morgan fingerprint density at radius 2 is 2.00 bits per heavy atom. The van der Waals surface area contributed by atoms with Crippen LogP contribution < -0.4 is 0 Å². The Morgan fingerprint density at radius 1 is 1.35 bits per heavy atom. The highest BCUT2D eigenvalue weighted by atomic mass is 35.7. The largest absolute Gasteiger partial charge is 0.334 e. The highest BCUT2D eigenvalue weighted by Gasteiger charge is 2.36. The lowest BCUT2D eigenvalue weighted by molar-refractivity contribution is 0.0651. The number of carbonyl (C=O) groups excluding carboxylic acids is 1. The summed E-state index contributed by atoms with van der Waals surface area (Å²) in [5, 5.41) is 0. The van der Waals surface area contributed by atoms with E-state index in [0.717, 1.165) is 18.4 Å². The van der Waals surface area contributed by atoms with Gasteiger partial charge in [-0.3, -0.25) is 4.79 Å². The standard InChI is InChI=1S/C14H18ClNO3S/c1-10-5-6-11(20(15,18)19)9-12(10)13(17)16-8-4-7-14(16,2)3/h5-6,9H,4,7-8H2,1-3H3. The van der Waals surface area contributed by atoms with Crippen molar-refractivity contribution in [3.05, 3.63) is 29.3 Å². The second-order valence-electron chi connectivity index (χ2n) is 5.79. The van der Waals surface area contributed by atoms with Gasteiger partial charge in [-0.1, -0.05) is 6.07 Å². The van der Waals surface area contributed by atoms with Crippen LogP contribution in [0.15, 0.2) is 23.1 Å². The van der Waals surface area contributed by atoms with E-state index in [4.69, 9.17) is 10.7 Å². The number of aryl methyl sites for hydroxylation is 1. The van der Waals surface area contributed by atoms with Crippen molar-refractivity contribution in [2.75, 3.05) is 6.54 Å². The van der Waals surface area contributed by atoms with Crippen molar-refractivity contribution in [1.29, 1.82) is 0 Å². The fourth-order valence-electron chi connectivity index (χ4n) is 2.61. The van der Waals surface area contributed by atoms with Crippen LogP contribution in [-0.2, 0) is 9.05 Å². The van der Waals surface area contributed by atoms with Crippen LogP contribution in [0.1, 0.15) is 42.6 Å². The number of amides is 1. The number of hydrogen-bond donors (Lipinski definition) is 0. The second kappa shape index (κ2) is 5.04. The molecule has 20 heavy (non-hydrogen) atoms. The maximum Gasteiger partial charge on any atom is 0.261 e. The van der Waals surface area contributed by atoms with Gasteiger partial charge < -0.3 is 4.90 Å². The van der Waals surface area contributed by atoms with E-state index in [-0.39, 0.29) is 16.3 Å². The summed E-state index contributed by atoms with van der Waals surface area (Å²) in [5.41, 5.74) is 0.961. The Labute approximate surface area is 124 Å². The predicted molar refractivity (Wildman–Crippen MR) is 78.6 cm³/mol. The Hall–Kier alpha value is -1.07. The van der Waals surface area contributed by atoms with Crippen molar-refractivity contribution in [1.82, 2.24) is 4.90 Å². The highest BCUT2D eigenvalue weighted by Crippen LogP contribution is 2.31. The molecule has 1 aromatic carbocycles. The number of benzene rings is 1. The van der Waals surface area contributed by atoms with Crippen molar-refractivity contribution in [2.45, 2.75) is 44.0 Å². The van der Waals surface area contributed by atoms with E-state index in [1.165, 1.54) is 12.1 Å². The van der Waals surface area contributed by atoms with Crippen LogP contribution in [0.3, 0.4) is 0 Å². The summed E-state index contributed by atoms with van der Waals surface area (Å²) in [6, 6.07) is 4.41. The molecule has 1 heterocycles. The molecule has 2 rings (SSSR count). The number of likely N-dealkylation sites (tertiary alicyclic amines) is 1. The van der Waals surface area contributed by atoms with E-state index in [0.29, 0.717) is 12.1 Å². The lowest BCUT2D eigenvalue weighted by atomic mass is 10.0. The molecule has 4 nitrogen and oxygen atoms in total. The molecule has 6 heteroatoms. The monoisotopic (exact) mass is 315 g/mol. The molecule has 1 aliphatic heterocycles. The van der Waals surface area contributed by atoms with E-state index in [9.17, 15) is 13.2 Å². The molecular formula is C14H18ClNO3S. The molecule has 0 saturated carbocycles. The van der Waals surface area contributed by atoms with Crippen molar-refractivity contribution < 1.29 is 13.2 Å². The molecule has 0 atom stereocenters. The molecule has 0 aliphatic carbocycles. The van der Waals surface area contributed by atoms with Crippen LogP contribution in [0.2, 0.25) is 0 Å². The van der Waals surface area contributed by atoms with E-state index >= 15 is 0 Å². The quantitative estimate of drug-likeness (QED) is 0.788. The molecule has 1 aromatic rings. The maximum atomic E-state index is 12.7. The minimum atomic E-state index is -3.83. The first-order chi connectivity index (χ1) is 9.13. The third-order valence-corrected chi connectivity index (χ3v) is 5.22. The summed E-state index contributed by atoms with van der Waals surface area (Å²) >= 11 is 0. The van der Waals surface area contributed by atoms with Crippen LogP contribution in [0, 0.1) is 6.92 Å². The van der Waals surface area contributed by atoms with Crippen LogP contribution in [0.5, 0.6) is 0 Å². The van der Waals surface area contributed by atoms with Crippen molar-refractivity contribution >= 4 is 25.6 Å². The van der Waals surface area contributed by atoms with Gasteiger partial charge in [-0.15, -0.1) is 0 Å². The Morgan fingerprint density at radius 3 is 2.50 bits per heavy atom. The molecule has 1 saturated heterocycles. The fraction of sp³-hybridized carbons (Fsp3) is 0.500. The smallest absolute Gasteiger partial charge is 0.261 e. The zero-order valence-electron chi connectivity index (χ0n) is 11.8. The molecule has 0 radical (unpaired) electrons. The summed E-state index contributed by atoms with van der Waals surface area (Å²) in [5.74, 6) is -0.132. The Kier molecular flexibility index (Phi) is 3.86. The number of nitrogens with zero attached hydrogens (tertiary/aromatic N) is 1. The average Bonchev–Trinajstić information content (AvgIpc) is 2.67. The highest BCUT2D eigenvalue weighted by molar-refractivity contribution is 8.13. The minimum Gasteiger partial charge on any atom is -0.334 e. The third kappa shape index (κ3) is 2.83. The number of carbonyl (C=O) groups is 1. The van der Waals surface area contributed by atoms with Crippen LogP contribution >= 0.6 is 10.7 Å².